The van der Waals surface area contributed by atoms with Crippen molar-refractivity contribution in [1.82, 2.24) is 10.4 Å². The van der Waals surface area contributed by atoms with Gasteiger partial charge in [-0.15, -0.1) is 0 Å². The molecule has 0 aliphatic carbocycles. The van der Waals surface area contributed by atoms with E-state index in [0.717, 1.165) is 34.6 Å². The highest BCUT2D eigenvalue weighted by Gasteiger charge is 2.26. The second-order valence-corrected chi connectivity index (χ2v) is 5.70. The molecule has 1 aromatic carbocycles. The predicted octanol–water partition coefficient (Wildman–Crippen LogP) is 1.87. The summed E-state index contributed by atoms with van der Waals surface area (Å²) in [5.74, 6) is 7.79. The SMILES string of the molecule is NNC(c1cccc2ncccc12)C1CSCCO1. The molecule has 1 fully saturated rings. The first kappa shape index (κ1) is 12.9. The Hall–Kier alpha value is -1.14. The second-order valence-electron chi connectivity index (χ2n) is 4.55. The summed E-state index contributed by atoms with van der Waals surface area (Å²) >= 11 is 1.91. The standard InChI is InChI=1S/C14H17N3OS/c15-17-14(13-9-19-8-7-18-13)11-3-1-5-12-10(11)4-2-6-16-12/h1-6,13-14,17H,7-9,15H2. The lowest BCUT2D eigenvalue weighted by atomic mass is 9.98. The molecule has 100 valence electrons. The summed E-state index contributed by atoms with van der Waals surface area (Å²) in [5, 5.41) is 1.13. The van der Waals surface area contributed by atoms with Crippen molar-refractivity contribution in [3.8, 4) is 0 Å². The van der Waals surface area contributed by atoms with Crippen molar-refractivity contribution < 1.29 is 4.74 Å². The minimum absolute atomic E-state index is 0.000648. The number of nitrogens with two attached hydrogens (primary N) is 1. The van der Waals surface area contributed by atoms with Crippen LogP contribution < -0.4 is 11.3 Å². The van der Waals surface area contributed by atoms with Gasteiger partial charge in [0.05, 0.1) is 24.3 Å². The number of nitrogens with zero attached hydrogens (tertiary/aromatic N) is 1. The second kappa shape index (κ2) is 5.88. The lowest BCUT2D eigenvalue weighted by Gasteiger charge is -2.30. The predicted molar refractivity (Wildman–Crippen MR) is 78.9 cm³/mol. The van der Waals surface area contributed by atoms with Crippen molar-refractivity contribution in [3.63, 3.8) is 0 Å². The molecule has 2 atom stereocenters. The summed E-state index contributed by atoms with van der Waals surface area (Å²) in [5.41, 5.74) is 5.06. The van der Waals surface area contributed by atoms with Gasteiger partial charge in [-0.05, 0) is 17.7 Å². The van der Waals surface area contributed by atoms with Gasteiger partial charge >= 0.3 is 0 Å². The van der Waals surface area contributed by atoms with Gasteiger partial charge in [-0.2, -0.15) is 11.8 Å². The molecule has 0 amide bonds. The fraction of sp³-hybridized carbons (Fsp3) is 0.357. The van der Waals surface area contributed by atoms with Crippen LogP contribution in [-0.2, 0) is 4.74 Å². The van der Waals surface area contributed by atoms with E-state index in [1.807, 2.05) is 36.2 Å². The Labute approximate surface area is 116 Å². The molecule has 1 aliphatic heterocycles. The van der Waals surface area contributed by atoms with Crippen LogP contribution in [0.1, 0.15) is 11.6 Å². The van der Waals surface area contributed by atoms with Gasteiger partial charge in [0.15, 0.2) is 0 Å². The molecule has 2 heterocycles. The summed E-state index contributed by atoms with van der Waals surface area (Å²) in [6.07, 6.45) is 1.92. The summed E-state index contributed by atoms with van der Waals surface area (Å²) in [7, 11) is 0. The Bertz CT molecular complexity index is 552. The molecule has 0 radical (unpaired) electrons. The van der Waals surface area contributed by atoms with Gasteiger partial charge in [0.1, 0.15) is 0 Å². The van der Waals surface area contributed by atoms with E-state index < -0.39 is 0 Å². The van der Waals surface area contributed by atoms with Gasteiger partial charge < -0.3 is 4.74 Å². The first-order valence-electron chi connectivity index (χ1n) is 6.39. The van der Waals surface area contributed by atoms with Crippen LogP contribution in [0.2, 0.25) is 0 Å². The van der Waals surface area contributed by atoms with E-state index in [-0.39, 0.29) is 12.1 Å². The first-order chi connectivity index (χ1) is 9.40. The van der Waals surface area contributed by atoms with E-state index in [0.29, 0.717) is 0 Å². The van der Waals surface area contributed by atoms with Crippen LogP contribution in [0.25, 0.3) is 10.9 Å². The van der Waals surface area contributed by atoms with Gasteiger partial charge in [-0.3, -0.25) is 16.3 Å². The number of pyridine rings is 1. The number of rotatable bonds is 3. The van der Waals surface area contributed by atoms with E-state index in [4.69, 9.17) is 10.6 Å². The van der Waals surface area contributed by atoms with Crippen molar-refractivity contribution >= 4 is 22.7 Å². The highest BCUT2D eigenvalue weighted by Crippen LogP contribution is 2.29. The summed E-state index contributed by atoms with van der Waals surface area (Å²) in [6.45, 7) is 0.788. The maximum absolute atomic E-state index is 5.85. The van der Waals surface area contributed by atoms with Crippen molar-refractivity contribution in [2.24, 2.45) is 5.84 Å². The molecule has 19 heavy (non-hydrogen) atoms. The van der Waals surface area contributed by atoms with Crippen LogP contribution in [0.5, 0.6) is 0 Å². The highest BCUT2D eigenvalue weighted by molar-refractivity contribution is 7.99. The van der Waals surface area contributed by atoms with Crippen LogP contribution in [0, 0.1) is 0 Å². The Kier molecular flexibility index (Phi) is 3.98. The minimum atomic E-state index is 0.000648. The monoisotopic (exact) mass is 275 g/mol. The Morgan fingerprint density at radius 3 is 3.11 bits per heavy atom. The van der Waals surface area contributed by atoms with Crippen molar-refractivity contribution in [3.05, 3.63) is 42.1 Å². The lowest BCUT2D eigenvalue weighted by molar-refractivity contribution is 0.0471. The molecule has 0 bridgehead atoms. The first-order valence-corrected chi connectivity index (χ1v) is 7.55. The molecule has 2 aromatic rings. The number of nitrogens with one attached hydrogen (secondary N) is 1. The quantitative estimate of drug-likeness (QED) is 0.661. The molecule has 1 aliphatic rings. The summed E-state index contributed by atoms with van der Waals surface area (Å²) in [6, 6.07) is 10.2. The third-order valence-corrected chi connectivity index (χ3v) is 4.43. The lowest BCUT2D eigenvalue weighted by Crippen LogP contribution is -2.41. The number of hydrogen-bond donors (Lipinski definition) is 2. The van der Waals surface area contributed by atoms with E-state index in [1.54, 1.807) is 0 Å². The van der Waals surface area contributed by atoms with Crippen LogP contribution in [0.15, 0.2) is 36.5 Å². The molecule has 0 saturated carbocycles. The number of hydrazine groups is 1. The molecule has 1 saturated heterocycles. The number of thioether (sulfide) groups is 1. The Balaban J connectivity index is 2.00. The Morgan fingerprint density at radius 2 is 2.32 bits per heavy atom. The fourth-order valence-corrected chi connectivity index (χ4v) is 3.40. The molecule has 2 unspecified atom stereocenters. The van der Waals surface area contributed by atoms with Gasteiger partial charge in [-0.25, -0.2) is 0 Å². The average Bonchev–Trinajstić information content (AvgIpc) is 2.49. The van der Waals surface area contributed by atoms with Crippen molar-refractivity contribution in [2.45, 2.75) is 12.1 Å². The van der Waals surface area contributed by atoms with Crippen LogP contribution in [0.4, 0.5) is 0 Å². The fourth-order valence-electron chi connectivity index (χ4n) is 2.49. The molecular formula is C14H17N3OS. The zero-order chi connectivity index (χ0) is 13.1. The van der Waals surface area contributed by atoms with E-state index in [2.05, 4.69) is 22.5 Å². The number of fused-ring (bicyclic) bond motifs is 1. The molecule has 4 nitrogen and oxygen atoms in total. The topological polar surface area (TPSA) is 60.2 Å². The number of hydrogen-bond acceptors (Lipinski definition) is 5. The van der Waals surface area contributed by atoms with Gasteiger partial charge in [0.2, 0.25) is 0 Å². The third-order valence-electron chi connectivity index (χ3n) is 3.41. The van der Waals surface area contributed by atoms with Crippen LogP contribution >= 0.6 is 11.8 Å². The van der Waals surface area contributed by atoms with Crippen LogP contribution in [0.3, 0.4) is 0 Å². The van der Waals surface area contributed by atoms with Gasteiger partial charge in [0.25, 0.3) is 0 Å². The molecular weight excluding hydrogens is 258 g/mol. The normalized spacial score (nSPS) is 21.4. The van der Waals surface area contributed by atoms with Crippen LogP contribution in [-0.4, -0.2) is 29.2 Å². The number of benzene rings is 1. The maximum atomic E-state index is 5.85. The highest BCUT2D eigenvalue weighted by atomic mass is 32.2. The minimum Gasteiger partial charge on any atom is -0.374 e. The largest absolute Gasteiger partial charge is 0.374 e. The summed E-state index contributed by atoms with van der Waals surface area (Å²) < 4.78 is 5.85. The third kappa shape index (κ3) is 2.60. The number of aromatic nitrogens is 1. The average molecular weight is 275 g/mol. The number of ether oxygens (including phenoxy) is 1. The van der Waals surface area contributed by atoms with Crippen molar-refractivity contribution in [2.75, 3.05) is 18.1 Å². The zero-order valence-electron chi connectivity index (χ0n) is 10.6. The van der Waals surface area contributed by atoms with E-state index in [1.165, 1.54) is 0 Å². The molecule has 0 spiro atoms. The molecule has 3 N–H and O–H groups in total. The molecule has 3 rings (SSSR count). The summed E-state index contributed by atoms with van der Waals surface area (Å²) in [4.78, 5) is 4.39. The Morgan fingerprint density at radius 1 is 1.37 bits per heavy atom. The smallest absolute Gasteiger partial charge is 0.0873 e. The zero-order valence-corrected chi connectivity index (χ0v) is 11.4. The molecule has 1 aromatic heterocycles. The maximum Gasteiger partial charge on any atom is 0.0873 e. The molecule has 5 heteroatoms. The van der Waals surface area contributed by atoms with Crippen molar-refractivity contribution in [1.29, 1.82) is 0 Å². The van der Waals surface area contributed by atoms with E-state index in [9.17, 15) is 0 Å². The van der Waals surface area contributed by atoms with Gasteiger partial charge in [-0.1, -0.05) is 18.2 Å². The van der Waals surface area contributed by atoms with E-state index >= 15 is 0 Å². The van der Waals surface area contributed by atoms with Gasteiger partial charge in [0, 0.05) is 23.1 Å².